The Bertz CT molecular complexity index is 198. The summed E-state index contributed by atoms with van der Waals surface area (Å²) in [5.74, 6) is 0. The van der Waals surface area contributed by atoms with E-state index in [1.54, 1.807) is 4.68 Å². The Morgan fingerprint density at radius 1 is 1.64 bits per heavy atom. The Morgan fingerprint density at radius 3 is 2.82 bits per heavy atom. The molecule has 1 aromatic rings. The van der Waals surface area contributed by atoms with Gasteiger partial charge in [-0.3, -0.25) is 4.68 Å². The minimum absolute atomic E-state index is 0. The van der Waals surface area contributed by atoms with Crippen LogP contribution in [0.2, 0.25) is 0 Å². The van der Waals surface area contributed by atoms with Crippen molar-refractivity contribution in [2.45, 2.75) is 13.0 Å². The van der Waals surface area contributed by atoms with E-state index in [1.165, 1.54) is 0 Å². The first-order valence-electron chi connectivity index (χ1n) is 3.25. The zero-order valence-electron chi connectivity index (χ0n) is 6.82. The summed E-state index contributed by atoms with van der Waals surface area (Å²) in [6.07, 6.45) is 2.65. The molecule has 0 bridgehead atoms. The molecule has 0 saturated carbocycles. The molecule has 0 saturated heterocycles. The molecule has 11 heavy (non-hydrogen) atoms. The molecule has 0 fully saturated rings. The zero-order chi connectivity index (χ0) is 7.40. The molecule has 0 amide bonds. The first kappa shape index (κ1) is 11.7. The third-order valence-corrected chi connectivity index (χ3v) is 1.22. The minimum atomic E-state index is 0. The molecular weight excluding hydrogens is 167 g/mol. The van der Waals surface area contributed by atoms with Gasteiger partial charge < -0.3 is 12.7 Å². The zero-order valence-corrected chi connectivity index (χ0v) is 9.95. The van der Waals surface area contributed by atoms with Crippen molar-refractivity contribution in [3.8, 4) is 0 Å². The van der Waals surface area contributed by atoms with Crippen LogP contribution in [0.15, 0.2) is 6.20 Å². The summed E-state index contributed by atoms with van der Waals surface area (Å²) in [5.41, 5.74) is 6.25. The monoisotopic (exact) mass is 178 g/mol. The summed E-state index contributed by atoms with van der Waals surface area (Å²) >= 11 is 0. The summed E-state index contributed by atoms with van der Waals surface area (Å²) in [6, 6.07) is 0. The maximum atomic E-state index is 5.32. The van der Waals surface area contributed by atoms with Gasteiger partial charge in [-0.1, -0.05) is 11.8 Å². The second-order valence-electron chi connectivity index (χ2n) is 2.01. The predicted molar refractivity (Wildman–Crippen MR) is 38.1 cm³/mol. The van der Waals surface area contributed by atoms with E-state index in [0.717, 1.165) is 12.1 Å². The molecule has 0 aliphatic rings. The molecule has 4 nitrogen and oxygen atoms in total. The molecule has 5 heteroatoms. The van der Waals surface area contributed by atoms with E-state index in [-0.39, 0.29) is 51.4 Å². The molecule has 0 aliphatic carbocycles. The summed E-state index contributed by atoms with van der Waals surface area (Å²) in [6.45, 7) is 4.90. The maximum Gasteiger partial charge on any atom is 1.00 e. The SMILES string of the molecule is [CH2-]Cn1cc(CCN)nn1.[K+]. The number of hydrogen-bond acceptors (Lipinski definition) is 3. The molecule has 1 aromatic heterocycles. The maximum absolute atomic E-state index is 5.32. The van der Waals surface area contributed by atoms with Crippen LogP contribution >= 0.6 is 0 Å². The normalized spacial score (nSPS) is 9.27. The molecule has 56 valence electrons. The van der Waals surface area contributed by atoms with Crippen molar-refractivity contribution in [3.05, 3.63) is 18.8 Å². The van der Waals surface area contributed by atoms with E-state index in [1.807, 2.05) is 6.20 Å². The molecule has 0 aromatic carbocycles. The first-order valence-corrected chi connectivity index (χ1v) is 3.25. The Morgan fingerprint density at radius 2 is 2.36 bits per heavy atom. The van der Waals surface area contributed by atoms with Gasteiger partial charge in [0.2, 0.25) is 0 Å². The Labute approximate surface area is 109 Å². The van der Waals surface area contributed by atoms with Crippen molar-refractivity contribution in [2.24, 2.45) is 5.73 Å². The van der Waals surface area contributed by atoms with Gasteiger partial charge >= 0.3 is 51.4 Å². The molecule has 0 radical (unpaired) electrons. The van der Waals surface area contributed by atoms with E-state index < -0.39 is 0 Å². The van der Waals surface area contributed by atoms with Gasteiger partial charge in [-0.15, -0.1) is 5.10 Å². The van der Waals surface area contributed by atoms with Gasteiger partial charge in [-0.05, 0) is 6.54 Å². The topological polar surface area (TPSA) is 56.7 Å². The van der Waals surface area contributed by atoms with Crippen LogP contribution in [0, 0.1) is 6.92 Å². The van der Waals surface area contributed by atoms with Crippen LogP contribution in [0.5, 0.6) is 0 Å². The van der Waals surface area contributed by atoms with E-state index in [2.05, 4.69) is 17.2 Å². The minimum Gasteiger partial charge on any atom is -0.330 e. The third kappa shape index (κ3) is 3.77. The predicted octanol–water partition coefficient (Wildman–Crippen LogP) is -3.38. The molecule has 0 unspecified atom stereocenters. The van der Waals surface area contributed by atoms with Crippen LogP contribution in [0.3, 0.4) is 0 Å². The van der Waals surface area contributed by atoms with Crippen LogP contribution in [-0.4, -0.2) is 21.5 Å². The van der Waals surface area contributed by atoms with Crippen molar-refractivity contribution in [2.75, 3.05) is 6.54 Å². The summed E-state index contributed by atoms with van der Waals surface area (Å²) < 4.78 is 1.69. The smallest absolute Gasteiger partial charge is 0.330 e. The van der Waals surface area contributed by atoms with E-state index in [0.29, 0.717) is 13.1 Å². The van der Waals surface area contributed by atoms with Gasteiger partial charge in [-0.2, -0.15) is 0 Å². The molecule has 0 atom stereocenters. The Kier molecular flexibility index (Phi) is 6.69. The molecule has 1 rings (SSSR count). The van der Waals surface area contributed by atoms with Gasteiger partial charge in [0, 0.05) is 12.6 Å². The van der Waals surface area contributed by atoms with E-state index in [9.17, 15) is 0 Å². The summed E-state index contributed by atoms with van der Waals surface area (Å²) in [5, 5.41) is 7.67. The quantitative estimate of drug-likeness (QED) is 0.388. The number of hydrogen-bond donors (Lipinski definition) is 1. The van der Waals surface area contributed by atoms with Crippen LogP contribution < -0.4 is 57.1 Å². The van der Waals surface area contributed by atoms with Gasteiger partial charge in [0.05, 0.1) is 5.69 Å². The second-order valence-corrected chi connectivity index (χ2v) is 2.01. The van der Waals surface area contributed by atoms with Crippen LogP contribution in [0.25, 0.3) is 0 Å². The van der Waals surface area contributed by atoms with Gasteiger partial charge in [0.15, 0.2) is 0 Å². The summed E-state index contributed by atoms with van der Waals surface area (Å²) in [4.78, 5) is 0. The summed E-state index contributed by atoms with van der Waals surface area (Å²) in [7, 11) is 0. The van der Waals surface area contributed by atoms with Crippen LogP contribution in [-0.2, 0) is 13.0 Å². The first-order chi connectivity index (χ1) is 4.86. The van der Waals surface area contributed by atoms with Crippen molar-refractivity contribution in [3.63, 3.8) is 0 Å². The van der Waals surface area contributed by atoms with E-state index in [4.69, 9.17) is 5.73 Å². The number of nitrogens with zero attached hydrogens (tertiary/aromatic N) is 3. The molecule has 0 spiro atoms. The largest absolute Gasteiger partial charge is 1.00 e. The van der Waals surface area contributed by atoms with Crippen molar-refractivity contribution >= 4 is 0 Å². The average molecular weight is 178 g/mol. The molecule has 0 aliphatic heterocycles. The van der Waals surface area contributed by atoms with E-state index >= 15 is 0 Å². The molecule has 1 heterocycles. The standard InChI is InChI=1S/C6H11N4.K/c1-2-10-5-6(3-4-7)8-9-10;/h5H,1-4,7H2;/q-1;+1. The Hall–Kier alpha value is 0.736. The van der Waals surface area contributed by atoms with Gasteiger partial charge in [0.25, 0.3) is 0 Å². The molecule has 2 N–H and O–H groups in total. The molecular formula is C6H11KN4. The second kappa shape index (κ2) is 6.27. The van der Waals surface area contributed by atoms with Crippen LogP contribution in [0.1, 0.15) is 5.69 Å². The van der Waals surface area contributed by atoms with Crippen molar-refractivity contribution in [1.82, 2.24) is 15.0 Å². The average Bonchev–Trinajstić information content (AvgIpc) is 2.37. The Balaban J connectivity index is 0.000001000. The van der Waals surface area contributed by atoms with Crippen molar-refractivity contribution < 1.29 is 51.4 Å². The van der Waals surface area contributed by atoms with Gasteiger partial charge in [-0.25, -0.2) is 0 Å². The fourth-order valence-corrected chi connectivity index (χ4v) is 0.710. The van der Waals surface area contributed by atoms with Gasteiger partial charge in [0.1, 0.15) is 0 Å². The number of nitrogens with two attached hydrogens (primary N) is 1. The fraction of sp³-hybridized carbons (Fsp3) is 0.500. The number of aromatic nitrogens is 3. The van der Waals surface area contributed by atoms with Crippen LogP contribution in [0.4, 0.5) is 0 Å². The third-order valence-electron chi connectivity index (χ3n) is 1.22. The van der Waals surface area contributed by atoms with Crippen molar-refractivity contribution in [1.29, 1.82) is 0 Å². The number of rotatable bonds is 3. The fourth-order valence-electron chi connectivity index (χ4n) is 0.710.